The molecule has 1 aromatic rings. The first-order valence-corrected chi connectivity index (χ1v) is 6.15. The first-order chi connectivity index (χ1) is 8.22. The molecule has 5 heteroatoms. The van der Waals surface area contributed by atoms with Crippen LogP contribution in [-0.2, 0) is 4.74 Å². The van der Waals surface area contributed by atoms with E-state index in [1.165, 1.54) is 0 Å². The first kappa shape index (κ1) is 12.3. The van der Waals surface area contributed by atoms with Gasteiger partial charge in [-0.1, -0.05) is 12.2 Å². The van der Waals surface area contributed by atoms with Gasteiger partial charge in [-0.05, 0) is 25.0 Å². The molecular formula is C12H17N3OS. The quantitative estimate of drug-likeness (QED) is 0.821. The fraction of sp³-hybridized carbons (Fsp3) is 0.500. The van der Waals surface area contributed by atoms with Gasteiger partial charge in [0.1, 0.15) is 10.8 Å². The lowest BCUT2D eigenvalue weighted by atomic mass is 10.1. The van der Waals surface area contributed by atoms with Crippen molar-refractivity contribution >= 4 is 23.0 Å². The Labute approximate surface area is 107 Å². The van der Waals surface area contributed by atoms with E-state index in [0.29, 0.717) is 11.1 Å². The summed E-state index contributed by atoms with van der Waals surface area (Å²) in [5.41, 5.74) is 6.57. The molecule has 0 radical (unpaired) electrons. The van der Waals surface area contributed by atoms with Crippen molar-refractivity contribution in [2.45, 2.75) is 18.9 Å². The molecule has 1 fully saturated rings. The third-order valence-electron chi connectivity index (χ3n) is 3.13. The fourth-order valence-corrected chi connectivity index (χ4v) is 2.30. The Morgan fingerprint density at radius 1 is 1.53 bits per heavy atom. The standard InChI is InChI=1S/C12H17N3OS/c1-16-9-4-7-15(8-5-9)12-10(11(13)17)3-2-6-14-12/h2-3,6,9H,4-5,7-8H2,1H3,(H2,13,17). The van der Waals surface area contributed by atoms with Crippen LogP contribution in [0, 0.1) is 0 Å². The highest BCUT2D eigenvalue weighted by Crippen LogP contribution is 2.22. The van der Waals surface area contributed by atoms with Crippen LogP contribution < -0.4 is 10.6 Å². The van der Waals surface area contributed by atoms with Crippen molar-refractivity contribution in [1.29, 1.82) is 0 Å². The van der Waals surface area contributed by atoms with Crippen molar-refractivity contribution in [2.24, 2.45) is 5.73 Å². The Morgan fingerprint density at radius 3 is 2.82 bits per heavy atom. The van der Waals surface area contributed by atoms with Gasteiger partial charge in [-0.2, -0.15) is 0 Å². The average molecular weight is 251 g/mol. The number of rotatable bonds is 3. The molecule has 0 unspecified atom stereocenters. The number of methoxy groups -OCH3 is 1. The van der Waals surface area contributed by atoms with Gasteiger partial charge in [-0.25, -0.2) is 4.98 Å². The van der Waals surface area contributed by atoms with E-state index >= 15 is 0 Å². The van der Waals surface area contributed by atoms with E-state index in [2.05, 4.69) is 9.88 Å². The minimum atomic E-state index is 0.364. The number of hydrogen-bond donors (Lipinski definition) is 1. The molecule has 1 aliphatic heterocycles. The second-order valence-electron chi connectivity index (χ2n) is 4.16. The van der Waals surface area contributed by atoms with E-state index in [0.717, 1.165) is 37.3 Å². The molecule has 0 amide bonds. The molecule has 4 nitrogen and oxygen atoms in total. The maximum Gasteiger partial charge on any atom is 0.138 e. The Kier molecular flexibility index (Phi) is 3.91. The molecule has 17 heavy (non-hydrogen) atoms. The summed E-state index contributed by atoms with van der Waals surface area (Å²) in [4.78, 5) is 7.02. The van der Waals surface area contributed by atoms with Gasteiger partial charge < -0.3 is 15.4 Å². The second-order valence-corrected chi connectivity index (χ2v) is 4.60. The highest BCUT2D eigenvalue weighted by Gasteiger charge is 2.21. The summed E-state index contributed by atoms with van der Waals surface area (Å²) in [5.74, 6) is 0.898. The highest BCUT2D eigenvalue weighted by molar-refractivity contribution is 7.80. The van der Waals surface area contributed by atoms with Crippen LogP contribution in [0.25, 0.3) is 0 Å². The molecule has 1 aromatic heterocycles. The summed E-state index contributed by atoms with van der Waals surface area (Å²) in [7, 11) is 1.77. The van der Waals surface area contributed by atoms with Crippen molar-refractivity contribution in [3.8, 4) is 0 Å². The molecule has 0 atom stereocenters. The summed E-state index contributed by atoms with van der Waals surface area (Å²) < 4.78 is 5.36. The molecule has 2 heterocycles. The number of pyridine rings is 1. The molecular weight excluding hydrogens is 234 g/mol. The van der Waals surface area contributed by atoms with Crippen LogP contribution in [0.2, 0.25) is 0 Å². The SMILES string of the molecule is COC1CCN(c2ncccc2C(N)=S)CC1. The lowest BCUT2D eigenvalue weighted by Gasteiger charge is -2.33. The van der Waals surface area contributed by atoms with Crippen LogP contribution in [-0.4, -0.2) is 36.3 Å². The number of nitrogens with zero attached hydrogens (tertiary/aromatic N) is 2. The topological polar surface area (TPSA) is 51.4 Å². The summed E-state index contributed by atoms with van der Waals surface area (Å²) in [6.45, 7) is 1.87. The van der Waals surface area contributed by atoms with E-state index in [9.17, 15) is 0 Å². The third-order valence-corrected chi connectivity index (χ3v) is 3.35. The molecule has 0 aliphatic carbocycles. The minimum absolute atomic E-state index is 0.364. The van der Waals surface area contributed by atoms with Gasteiger partial charge in [0, 0.05) is 26.4 Å². The maximum absolute atomic E-state index is 5.71. The van der Waals surface area contributed by atoms with Crippen LogP contribution in [0.5, 0.6) is 0 Å². The van der Waals surface area contributed by atoms with Crippen LogP contribution in [0.15, 0.2) is 18.3 Å². The van der Waals surface area contributed by atoms with Gasteiger partial charge in [0.25, 0.3) is 0 Å². The smallest absolute Gasteiger partial charge is 0.138 e. The molecule has 0 spiro atoms. The Hall–Kier alpha value is -1.20. The van der Waals surface area contributed by atoms with Crippen molar-refractivity contribution in [3.05, 3.63) is 23.9 Å². The molecule has 1 aliphatic rings. The zero-order valence-corrected chi connectivity index (χ0v) is 10.7. The first-order valence-electron chi connectivity index (χ1n) is 5.75. The van der Waals surface area contributed by atoms with E-state index in [1.807, 2.05) is 12.1 Å². The van der Waals surface area contributed by atoms with E-state index in [4.69, 9.17) is 22.7 Å². The number of aromatic nitrogens is 1. The summed E-state index contributed by atoms with van der Waals surface area (Å²) in [5, 5.41) is 0. The molecule has 1 saturated heterocycles. The molecule has 0 saturated carbocycles. The van der Waals surface area contributed by atoms with Crippen LogP contribution in [0.1, 0.15) is 18.4 Å². The summed E-state index contributed by atoms with van der Waals surface area (Å²) in [6.07, 6.45) is 4.18. The number of hydrogen-bond acceptors (Lipinski definition) is 4. The van der Waals surface area contributed by atoms with Gasteiger partial charge in [-0.3, -0.25) is 0 Å². The number of nitrogens with two attached hydrogens (primary N) is 1. The lowest BCUT2D eigenvalue weighted by molar-refractivity contribution is 0.0818. The minimum Gasteiger partial charge on any atom is -0.389 e. The van der Waals surface area contributed by atoms with E-state index in [-0.39, 0.29) is 0 Å². The normalized spacial score (nSPS) is 17.1. The summed E-state index contributed by atoms with van der Waals surface area (Å²) in [6, 6.07) is 3.78. The predicted octanol–water partition coefficient (Wildman–Crippen LogP) is 1.33. The third kappa shape index (κ3) is 2.73. The molecule has 2 rings (SSSR count). The van der Waals surface area contributed by atoms with Crippen LogP contribution in [0.3, 0.4) is 0 Å². The van der Waals surface area contributed by atoms with Crippen molar-refractivity contribution in [3.63, 3.8) is 0 Å². The Morgan fingerprint density at radius 2 is 2.24 bits per heavy atom. The monoisotopic (exact) mass is 251 g/mol. The van der Waals surface area contributed by atoms with Crippen LogP contribution >= 0.6 is 12.2 Å². The van der Waals surface area contributed by atoms with E-state index in [1.54, 1.807) is 13.3 Å². The molecule has 0 bridgehead atoms. The fourth-order valence-electron chi connectivity index (χ4n) is 2.14. The second kappa shape index (κ2) is 5.42. The van der Waals surface area contributed by atoms with Gasteiger partial charge in [-0.15, -0.1) is 0 Å². The Bertz CT molecular complexity index is 402. The molecule has 0 aromatic carbocycles. The number of ether oxygens (including phenoxy) is 1. The van der Waals surface area contributed by atoms with Crippen molar-refractivity contribution in [1.82, 2.24) is 4.98 Å². The summed E-state index contributed by atoms with van der Waals surface area (Å²) >= 11 is 5.05. The Balaban J connectivity index is 2.15. The lowest BCUT2D eigenvalue weighted by Crippen LogP contribution is -2.38. The van der Waals surface area contributed by atoms with Gasteiger partial charge in [0.2, 0.25) is 0 Å². The maximum atomic E-state index is 5.71. The van der Waals surface area contributed by atoms with Gasteiger partial charge in [0.15, 0.2) is 0 Å². The van der Waals surface area contributed by atoms with Gasteiger partial charge in [0.05, 0.1) is 11.7 Å². The van der Waals surface area contributed by atoms with E-state index < -0.39 is 0 Å². The zero-order chi connectivity index (χ0) is 12.3. The highest BCUT2D eigenvalue weighted by atomic mass is 32.1. The zero-order valence-electron chi connectivity index (χ0n) is 9.93. The number of piperidine rings is 1. The largest absolute Gasteiger partial charge is 0.389 e. The van der Waals surface area contributed by atoms with Crippen LogP contribution in [0.4, 0.5) is 5.82 Å². The number of anilines is 1. The number of thiocarbonyl (C=S) groups is 1. The average Bonchev–Trinajstić information content (AvgIpc) is 2.39. The molecule has 92 valence electrons. The predicted molar refractivity (Wildman–Crippen MR) is 72.4 cm³/mol. The van der Waals surface area contributed by atoms with Crippen molar-refractivity contribution < 1.29 is 4.74 Å². The molecule has 2 N–H and O–H groups in total. The van der Waals surface area contributed by atoms with Crippen molar-refractivity contribution in [2.75, 3.05) is 25.1 Å². The van der Waals surface area contributed by atoms with Gasteiger partial charge >= 0.3 is 0 Å².